The van der Waals surface area contributed by atoms with Crippen molar-refractivity contribution in [2.24, 2.45) is 5.73 Å². The van der Waals surface area contributed by atoms with Crippen molar-refractivity contribution in [3.8, 4) is 5.75 Å². The molecule has 0 aromatic heterocycles. The molecule has 2 rings (SSSR count). The van der Waals surface area contributed by atoms with Crippen LogP contribution in [0.1, 0.15) is 27.1 Å². The summed E-state index contributed by atoms with van der Waals surface area (Å²) >= 11 is 0. The van der Waals surface area contributed by atoms with Gasteiger partial charge in [0.2, 0.25) is 0 Å². The Morgan fingerprint density at radius 2 is 2.04 bits per heavy atom. The molecule has 0 spiro atoms. The van der Waals surface area contributed by atoms with Crippen molar-refractivity contribution in [1.82, 2.24) is 10.6 Å². The molecule has 126 valence electrons. The van der Waals surface area contributed by atoms with Gasteiger partial charge in [0.1, 0.15) is 5.75 Å². The first-order valence-electron chi connectivity index (χ1n) is 7.29. The molecule has 0 aliphatic carbocycles. The highest BCUT2D eigenvalue weighted by molar-refractivity contribution is 6.04. The zero-order valence-electron chi connectivity index (χ0n) is 13.2. The largest absolute Gasteiger partial charge is 0.496 e. The van der Waals surface area contributed by atoms with Gasteiger partial charge >= 0.3 is 0 Å². The second kappa shape index (κ2) is 7.30. The Hall–Kier alpha value is -2.32. The molecular weight excluding hydrogens is 300 g/mol. The van der Waals surface area contributed by atoms with Crippen molar-refractivity contribution in [2.75, 3.05) is 33.0 Å². The minimum absolute atomic E-state index is 0.112. The minimum atomic E-state index is -0.687. The molecule has 0 radical (unpaired) electrons. The molecule has 23 heavy (non-hydrogen) atoms. The summed E-state index contributed by atoms with van der Waals surface area (Å²) in [5.41, 5.74) is 11.7. The van der Waals surface area contributed by atoms with Gasteiger partial charge in [-0.25, -0.2) is 0 Å². The molecule has 1 aliphatic rings. The molecule has 1 heterocycles. The van der Waals surface area contributed by atoms with Crippen molar-refractivity contribution in [1.29, 1.82) is 0 Å². The highest BCUT2D eigenvalue weighted by atomic mass is 16.5. The van der Waals surface area contributed by atoms with Crippen LogP contribution in [0.3, 0.4) is 0 Å². The predicted molar refractivity (Wildman–Crippen MR) is 85.5 cm³/mol. The van der Waals surface area contributed by atoms with Crippen molar-refractivity contribution in [2.45, 2.75) is 18.6 Å². The standard InChI is InChI=1S/C15H22N4O4/c1-22-12-6-10(16)8(5-9(12)14(17)20)15(21)19-11-3-4-18-7-13(11)23-2/h5-6,11,13,18H,3-4,7,16H2,1-2H3,(H2,17,20)(H,19,21)/t11-,13+/m0/s1. The van der Waals surface area contributed by atoms with Gasteiger partial charge in [0.05, 0.1) is 30.4 Å². The van der Waals surface area contributed by atoms with Gasteiger partial charge in [0.25, 0.3) is 11.8 Å². The Balaban J connectivity index is 2.24. The second-order valence-corrected chi connectivity index (χ2v) is 5.35. The SMILES string of the molecule is COc1cc(N)c(C(=O)N[C@H]2CCNC[C@H]2OC)cc1C(N)=O. The fourth-order valence-corrected chi connectivity index (χ4v) is 2.64. The lowest BCUT2D eigenvalue weighted by Gasteiger charge is -2.31. The summed E-state index contributed by atoms with van der Waals surface area (Å²) in [5.74, 6) is -0.822. The number of piperidine rings is 1. The van der Waals surface area contributed by atoms with Gasteiger partial charge in [-0.1, -0.05) is 0 Å². The fraction of sp³-hybridized carbons (Fsp3) is 0.467. The quantitative estimate of drug-likeness (QED) is 0.540. The van der Waals surface area contributed by atoms with E-state index in [1.54, 1.807) is 7.11 Å². The number of methoxy groups -OCH3 is 2. The highest BCUT2D eigenvalue weighted by Gasteiger charge is 2.27. The molecule has 1 aromatic carbocycles. The molecule has 1 aliphatic heterocycles. The van der Waals surface area contributed by atoms with E-state index in [0.717, 1.165) is 13.0 Å². The highest BCUT2D eigenvalue weighted by Crippen LogP contribution is 2.25. The zero-order chi connectivity index (χ0) is 17.0. The monoisotopic (exact) mass is 322 g/mol. The molecule has 8 nitrogen and oxygen atoms in total. The smallest absolute Gasteiger partial charge is 0.253 e. The van der Waals surface area contributed by atoms with Gasteiger partial charge < -0.3 is 31.6 Å². The normalized spacial score (nSPS) is 20.8. The van der Waals surface area contributed by atoms with Crippen LogP contribution in [0.15, 0.2) is 12.1 Å². The minimum Gasteiger partial charge on any atom is -0.496 e. The molecule has 1 fully saturated rings. The lowest BCUT2D eigenvalue weighted by atomic mass is 10.0. The zero-order valence-corrected chi connectivity index (χ0v) is 13.2. The fourth-order valence-electron chi connectivity index (χ4n) is 2.64. The lowest BCUT2D eigenvalue weighted by molar-refractivity contribution is 0.0477. The maximum atomic E-state index is 12.5. The molecule has 2 atom stereocenters. The summed E-state index contributed by atoms with van der Waals surface area (Å²) in [6, 6.07) is 2.65. The van der Waals surface area contributed by atoms with Crippen LogP contribution in [0.25, 0.3) is 0 Å². The van der Waals surface area contributed by atoms with E-state index in [1.165, 1.54) is 19.2 Å². The van der Waals surface area contributed by atoms with Crippen molar-refractivity contribution >= 4 is 17.5 Å². The summed E-state index contributed by atoms with van der Waals surface area (Å²) < 4.78 is 10.4. The Morgan fingerprint density at radius 1 is 1.30 bits per heavy atom. The summed E-state index contributed by atoms with van der Waals surface area (Å²) in [5, 5.41) is 6.10. The number of nitrogen functional groups attached to an aromatic ring is 1. The average molecular weight is 322 g/mol. The van der Waals surface area contributed by atoms with Gasteiger partial charge in [-0.15, -0.1) is 0 Å². The van der Waals surface area contributed by atoms with Crippen LogP contribution in [-0.4, -0.2) is 51.3 Å². The number of primary amides is 1. The molecule has 8 heteroatoms. The van der Waals surface area contributed by atoms with E-state index in [2.05, 4.69) is 10.6 Å². The number of carbonyl (C=O) groups excluding carboxylic acids is 2. The van der Waals surface area contributed by atoms with Crippen LogP contribution in [0, 0.1) is 0 Å². The number of benzene rings is 1. The van der Waals surface area contributed by atoms with E-state index in [1.807, 2.05) is 0 Å². The first-order chi connectivity index (χ1) is 11.0. The van der Waals surface area contributed by atoms with Crippen LogP contribution in [0.2, 0.25) is 0 Å². The Bertz CT molecular complexity index is 605. The summed E-state index contributed by atoms with van der Waals surface area (Å²) in [7, 11) is 3.00. The summed E-state index contributed by atoms with van der Waals surface area (Å²) in [6.07, 6.45) is 0.617. The average Bonchev–Trinajstić information content (AvgIpc) is 2.54. The number of rotatable bonds is 5. The molecule has 1 aromatic rings. The third-order valence-electron chi connectivity index (χ3n) is 3.93. The molecule has 0 unspecified atom stereocenters. The molecule has 0 saturated carbocycles. The predicted octanol–water partition coefficient (Wildman–Crippen LogP) is -0.517. The van der Waals surface area contributed by atoms with Gasteiger partial charge in [-0.3, -0.25) is 9.59 Å². The summed E-state index contributed by atoms with van der Waals surface area (Å²) in [6.45, 7) is 1.45. The number of ether oxygens (including phenoxy) is 2. The van der Waals surface area contributed by atoms with E-state index in [4.69, 9.17) is 20.9 Å². The van der Waals surface area contributed by atoms with Gasteiger partial charge in [0, 0.05) is 25.4 Å². The van der Waals surface area contributed by atoms with Gasteiger partial charge in [0.15, 0.2) is 0 Å². The van der Waals surface area contributed by atoms with Crippen LogP contribution in [0.5, 0.6) is 5.75 Å². The van der Waals surface area contributed by atoms with Crippen molar-refractivity contribution in [3.05, 3.63) is 23.3 Å². The Morgan fingerprint density at radius 3 is 2.65 bits per heavy atom. The molecule has 6 N–H and O–H groups in total. The number of nitrogens with one attached hydrogen (secondary N) is 2. The van der Waals surface area contributed by atoms with Gasteiger partial charge in [-0.05, 0) is 19.0 Å². The first kappa shape index (κ1) is 17.0. The maximum absolute atomic E-state index is 12.5. The van der Waals surface area contributed by atoms with E-state index >= 15 is 0 Å². The first-order valence-corrected chi connectivity index (χ1v) is 7.29. The van der Waals surface area contributed by atoms with Gasteiger partial charge in [-0.2, -0.15) is 0 Å². The van der Waals surface area contributed by atoms with E-state index in [9.17, 15) is 9.59 Å². The maximum Gasteiger partial charge on any atom is 0.253 e. The number of anilines is 1. The number of nitrogens with two attached hydrogens (primary N) is 2. The second-order valence-electron chi connectivity index (χ2n) is 5.35. The third-order valence-corrected chi connectivity index (χ3v) is 3.93. The van der Waals surface area contributed by atoms with Crippen molar-refractivity contribution < 1.29 is 19.1 Å². The van der Waals surface area contributed by atoms with Crippen LogP contribution in [-0.2, 0) is 4.74 Å². The number of hydrogen-bond acceptors (Lipinski definition) is 6. The summed E-state index contributed by atoms with van der Waals surface area (Å²) in [4.78, 5) is 24.0. The Kier molecular flexibility index (Phi) is 5.41. The van der Waals surface area contributed by atoms with E-state index in [-0.39, 0.29) is 40.6 Å². The van der Waals surface area contributed by atoms with E-state index in [0.29, 0.717) is 6.54 Å². The number of carbonyl (C=O) groups is 2. The molecule has 0 bridgehead atoms. The van der Waals surface area contributed by atoms with Crippen LogP contribution in [0.4, 0.5) is 5.69 Å². The van der Waals surface area contributed by atoms with E-state index < -0.39 is 5.91 Å². The third kappa shape index (κ3) is 3.72. The molecule has 2 amide bonds. The number of hydrogen-bond donors (Lipinski definition) is 4. The molecular formula is C15H22N4O4. The number of amides is 2. The Labute approximate surface area is 134 Å². The van der Waals surface area contributed by atoms with Crippen LogP contribution < -0.4 is 26.8 Å². The topological polar surface area (TPSA) is 129 Å². The lowest BCUT2D eigenvalue weighted by Crippen LogP contribution is -2.53. The van der Waals surface area contributed by atoms with Crippen molar-refractivity contribution in [3.63, 3.8) is 0 Å². The molecule has 1 saturated heterocycles. The van der Waals surface area contributed by atoms with Crippen LogP contribution >= 0.6 is 0 Å².